The molecule has 2 aromatic rings. The molecule has 5 heteroatoms. The largest absolute Gasteiger partial charge is 0.488 e. The van der Waals surface area contributed by atoms with Crippen molar-refractivity contribution in [2.75, 3.05) is 26.2 Å². The van der Waals surface area contributed by atoms with E-state index in [2.05, 4.69) is 24.8 Å². The summed E-state index contributed by atoms with van der Waals surface area (Å²) in [5.41, 5.74) is 1.28. The number of carbonyl (C=O) groups excluding carboxylic acids is 1. The number of nitrogens with zero attached hydrogens (tertiary/aromatic N) is 3. The Hall–Kier alpha value is -2.40. The number of ether oxygens (including phenoxy) is 1. The molecule has 2 aliphatic heterocycles. The molecule has 1 fully saturated rings. The topological polar surface area (TPSA) is 45.7 Å². The molecule has 5 nitrogen and oxygen atoms in total. The summed E-state index contributed by atoms with van der Waals surface area (Å²) >= 11 is 0. The van der Waals surface area contributed by atoms with Gasteiger partial charge in [0.1, 0.15) is 23.1 Å². The monoisotopic (exact) mass is 379 g/mol. The lowest BCUT2D eigenvalue weighted by Crippen LogP contribution is -2.41. The Morgan fingerprint density at radius 2 is 1.93 bits per heavy atom. The van der Waals surface area contributed by atoms with Gasteiger partial charge in [-0.15, -0.1) is 0 Å². The van der Waals surface area contributed by atoms with E-state index in [0.717, 1.165) is 55.5 Å². The second-order valence-electron chi connectivity index (χ2n) is 7.98. The molecule has 0 atom stereocenters. The molecule has 28 heavy (non-hydrogen) atoms. The number of fused-ring (bicyclic) bond motifs is 1. The molecule has 0 spiro atoms. The Kier molecular flexibility index (Phi) is 5.62. The number of piperidine rings is 1. The van der Waals surface area contributed by atoms with E-state index in [4.69, 9.17) is 9.72 Å². The van der Waals surface area contributed by atoms with Gasteiger partial charge in [-0.2, -0.15) is 0 Å². The number of carbonyl (C=O) groups is 1. The van der Waals surface area contributed by atoms with Crippen molar-refractivity contribution < 1.29 is 9.53 Å². The molecular formula is C23H29N3O2. The number of pyridine rings is 1. The zero-order valence-electron chi connectivity index (χ0n) is 16.8. The van der Waals surface area contributed by atoms with Gasteiger partial charge in [0.15, 0.2) is 0 Å². The van der Waals surface area contributed by atoms with Crippen LogP contribution in [-0.4, -0.2) is 59.0 Å². The van der Waals surface area contributed by atoms with Crippen LogP contribution in [0.4, 0.5) is 0 Å². The van der Waals surface area contributed by atoms with E-state index in [9.17, 15) is 4.79 Å². The van der Waals surface area contributed by atoms with Gasteiger partial charge in [0.25, 0.3) is 5.91 Å². The first-order valence-electron chi connectivity index (χ1n) is 10.4. The van der Waals surface area contributed by atoms with Crippen LogP contribution in [0, 0.1) is 0 Å². The van der Waals surface area contributed by atoms with Gasteiger partial charge in [-0.3, -0.25) is 4.79 Å². The summed E-state index contributed by atoms with van der Waals surface area (Å²) in [5, 5.41) is 1.01. The molecule has 0 radical (unpaired) electrons. The van der Waals surface area contributed by atoms with E-state index in [1.165, 1.54) is 0 Å². The molecule has 1 saturated heterocycles. The Balaban J connectivity index is 1.54. The van der Waals surface area contributed by atoms with Crippen molar-refractivity contribution in [1.82, 2.24) is 14.8 Å². The molecular weight excluding hydrogens is 350 g/mol. The van der Waals surface area contributed by atoms with Crippen molar-refractivity contribution >= 4 is 16.8 Å². The number of aromatic nitrogens is 1. The van der Waals surface area contributed by atoms with Gasteiger partial charge < -0.3 is 14.5 Å². The number of benzene rings is 1. The van der Waals surface area contributed by atoms with Crippen molar-refractivity contribution in [3.05, 3.63) is 48.2 Å². The molecule has 3 heterocycles. The predicted molar refractivity (Wildman–Crippen MR) is 112 cm³/mol. The van der Waals surface area contributed by atoms with Crippen molar-refractivity contribution in [1.29, 1.82) is 0 Å². The third-order valence-corrected chi connectivity index (χ3v) is 5.75. The number of para-hydroxylation sites is 1. The summed E-state index contributed by atoms with van der Waals surface area (Å²) in [7, 11) is 0. The standard InChI is InChI=1S/C23H29N3O2/c1-17(2)25-15-11-19(12-16-25)28-21-8-6-7-18-9-10-20(24-22(18)21)23(27)26-13-4-3-5-14-26/h3-4,6-10,17,19H,5,11-16H2,1-2H3. The minimum Gasteiger partial charge on any atom is -0.488 e. The molecule has 0 N–H and O–H groups in total. The SMILES string of the molecule is CC(C)N1CCC(Oc2cccc3ccc(C(=O)N4CC=CCC4)nc23)CC1. The first-order valence-corrected chi connectivity index (χ1v) is 10.4. The average Bonchev–Trinajstić information content (AvgIpc) is 2.74. The van der Waals surface area contributed by atoms with Crippen LogP contribution in [0.15, 0.2) is 42.5 Å². The highest BCUT2D eigenvalue weighted by Crippen LogP contribution is 2.28. The Bertz CT molecular complexity index is 869. The fourth-order valence-corrected chi connectivity index (χ4v) is 4.01. The third-order valence-electron chi connectivity index (χ3n) is 5.75. The first-order chi connectivity index (χ1) is 13.6. The minimum absolute atomic E-state index is 0.00806. The molecule has 4 rings (SSSR count). The Morgan fingerprint density at radius 3 is 2.64 bits per heavy atom. The normalized spacial score (nSPS) is 18.8. The Labute approximate surface area is 167 Å². The summed E-state index contributed by atoms with van der Waals surface area (Å²) in [6.45, 7) is 8.02. The van der Waals surface area contributed by atoms with Crippen LogP contribution >= 0.6 is 0 Å². The average molecular weight is 380 g/mol. The molecule has 0 saturated carbocycles. The number of rotatable bonds is 4. The molecule has 0 bridgehead atoms. The second-order valence-corrected chi connectivity index (χ2v) is 7.98. The van der Waals surface area contributed by atoms with E-state index in [-0.39, 0.29) is 12.0 Å². The summed E-state index contributed by atoms with van der Waals surface area (Å²) in [6.07, 6.45) is 7.31. The minimum atomic E-state index is -0.00806. The molecule has 148 valence electrons. The van der Waals surface area contributed by atoms with E-state index < -0.39 is 0 Å². The summed E-state index contributed by atoms with van der Waals surface area (Å²) in [5.74, 6) is 0.778. The number of hydrogen-bond acceptors (Lipinski definition) is 4. The van der Waals surface area contributed by atoms with Gasteiger partial charge in [-0.1, -0.05) is 30.4 Å². The van der Waals surface area contributed by atoms with Gasteiger partial charge in [0.2, 0.25) is 0 Å². The molecule has 0 aliphatic carbocycles. The molecule has 1 amide bonds. The molecule has 1 aromatic heterocycles. The smallest absolute Gasteiger partial charge is 0.272 e. The highest BCUT2D eigenvalue weighted by atomic mass is 16.5. The lowest BCUT2D eigenvalue weighted by molar-refractivity contribution is 0.0765. The second kappa shape index (κ2) is 8.31. The van der Waals surface area contributed by atoms with Crippen molar-refractivity contribution in [3.8, 4) is 5.75 Å². The summed E-state index contributed by atoms with van der Waals surface area (Å²) in [4.78, 5) is 21.9. The zero-order valence-corrected chi connectivity index (χ0v) is 16.8. The van der Waals surface area contributed by atoms with Gasteiger partial charge in [0, 0.05) is 37.6 Å². The Morgan fingerprint density at radius 1 is 1.11 bits per heavy atom. The number of hydrogen-bond donors (Lipinski definition) is 0. The number of amides is 1. The van der Waals surface area contributed by atoms with Crippen LogP contribution in [0.5, 0.6) is 5.75 Å². The fraction of sp³-hybridized carbons (Fsp3) is 0.478. The van der Waals surface area contributed by atoms with E-state index >= 15 is 0 Å². The van der Waals surface area contributed by atoms with Crippen LogP contribution in [0.1, 0.15) is 43.6 Å². The van der Waals surface area contributed by atoms with Gasteiger partial charge in [-0.25, -0.2) is 4.98 Å². The lowest BCUT2D eigenvalue weighted by Gasteiger charge is -2.34. The third kappa shape index (κ3) is 4.04. The van der Waals surface area contributed by atoms with Crippen molar-refractivity contribution in [2.24, 2.45) is 0 Å². The maximum absolute atomic E-state index is 12.8. The summed E-state index contributed by atoms with van der Waals surface area (Å²) in [6, 6.07) is 10.4. The van der Waals surface area contributed by atoms with Gasteiger partial charge >= 0.3 is 0 Å². The van der Waals surface area contributed by atoms with E-state index in [1.807, 2.05) is 41.3 Å². The van der Waals surface area contributed by atoms with Crippen LogP contribution in [0.3, 0.4) is 0 Å². The van der Waals surface area contributed by atoms with Crippen LogP contribution in [-0.2, 0) is 0 Å². The maximum Gasteiger partial charge on any atom is 0.272 e. The quantitative estimate of drug-likeness (QED) is 0.756. The van der Waals surface area contributed by atoms with Crippen molar-refractivity contribution in [2.45, 2.75) is 45.3 Å². The highest BCUT2D eigenvalue weighted by molar-refractivity contribution is 5.96. The zero-order chi connectivity index (χ0) is 19.5. The molecule has 1 aromatic carbocycles. The van der Waals surface area contributed by atoms with Crippen LogP contribution in [0.2, 0.25) is 0 Å². The van der Waals surface area contributed by atoms with Gasteiger partial charge in [0.05, 0.1) is 0 Å². The van der Waals surface area contributed by atoms with E-state index in [1.54, 1.807) is 0 Å². The highest BCUT2D eigenvalue weighted by Gasteiger charge is 2.23. The van der Waals surface area contributed by atoms with Crippen molar-refractivity contribution in [3.63, 3.8) is 0 Å². The maximum atomic E-state index is 12.8. The van der Waals surface area contributed by atoms with E-state index in [0.29, 0.717) is 18.3 Å². The van der Waals surface area contributed by atoms with Crippen LogP contribution < -0.4 is 4.74 Å². The summed E-state index contributed by atoms with van der Waals surface area (Å²) < 4.78 is 6.35. The molecule has 2 aliphatic rings. The number of likely N-dealkylation sites (tertiary alicyclic amines) is 1. The van der Waals surface area contributed by atoms with Gasteiger partial charge in [-0.05, 0) is 45.2 Å². The predicted octanol–water partition coefficient (Wildman–Crippen LogP) is 3.89. The fourth-order valence-electron chi connectivity index (χ4n) is 4.01. The van der Waals surface area contributed by atoms with Crippen LogP contribution in [0.25, 0.3) is 10.9 Å². The lowest BCUT2D eigenvalue weighted by atomic mass is 10.1. The molecule has 0 unspecified atom stereocenters. The first kappa shape index (κ1) is 18.9.